The molecule has 3 amide bonds. The van der Waals surface area contributed by atoms with Crippen molar-refractivity contribution in [3.63, 3.8) is 0 Å². The van der Waals surface area contributed by atoms with Crippen molar-refractivity contribution in [2.75, 3.05) is 4.90 Å². The van der Waals surface area contributed by atoms with Crippen molar-refractivity contribution in [2.24, 2.45) is 16.9 Å². The van der Waals surface area contributed by atoms with Crippen molar-refractivity contribution < 1.29 is 29.3 Å². The molecule has 1 fully saturated rings. The Morgan fingerprint density at radius 1 is 0.844 bits per heavy atom. The fraction of sp³-hybridized carbons (Fsp3) is 0.125. The maximum absolute atomic E-state index is 14.4. The zero-order valence-corrected chi connectivity index (χ0v) is 23.1. The van der Waals surface area contributed by atoms with E-state index in [0.29, 0.717) is 0 Å². The van der Waals surface area contributed by atoms with E-state index in [1.54, 1.807) is 0 Å². The van der Waals surface area contributed by atoms with Crippen LogP contribution >= 0.6 is 0 Å². The number of phenols is 1. The van der Waals surface area contributed by atoms with E-state index in [9.17, 15) is 39.7 Å². The van der Waals surface area contributed by atoms with Gasteiger partial charge in [0.25, 0.3) is 17.3 Å². The summed E-state index contributed by atoms with van der Waals surface area (Å²) in [4.78, 5) is 63.9. The quantitative estimate of drug-likeness (QED) is 0.142. The molecule has 222 valence electrons. The van der Waals surface area contributed by atoms with Crippen molar-refractivity contribution in [3.8, 4) is 5.75 Å². The summed E-state index contributed by atoms with van der Waals surface area (Å²) in [5.41, 5.74) is 3.31. The van der Waals surface area contributed by atoms with E-state index in [-0.39, 0.29) is 16.9 Å². The van der Waals surface area contributed by atoms with E-state index < -0.39 is 62.2 Å². The van der Waals surface area contributed by atoms with Crippen LogP contribution in [0.5, 0.6) is 5.75 Å². The minimum absolute atomic E-state index is 0.190. The summed E-state index contributed by atoms with van der Waals surface area (Å²) in [7, 11) is 0. The molecule has 0 radical (unpaired) electrons. The number of nitrogens with one attached hydrogen (secondary N) is 1. The molecule has 8 rings (SSSR count). The number of carbonyl (C=O) groups excluding carboxylic acids is 3. The van der Waals surface area contributed by atoms with E-state index in [1.165, 1.54) is 30.5 Å². The third kappa shape index (κ3) is 3.87. The van der Waals surface area contributed by atoms with Gasteiger partial charge in [0.15, 0.2) is 0 Å². The van der Waals surface area contributed by atoms with Gasteiger partial charge in [-0.3, -0.25) is 34.6 Å². The first-order chi connectivity index (χ1) is 21.6. The van der Waals surface area contributed by atoms with Crippen LogP contribution in [0.15, 0.2) is 96.1 Å². The van der Waals surface area contributed by atoms with Gasteiger partial charge in [0.05, 0.1) is 38.3 Å². The first-order valence-electron chi connectivity index (χ1n) is 13.8. The summed E-state index contributed by atoms with van der Waals surface area (Å²) >= 11 is 0. The molecule has 13 nitrogen and oxygen atoms in total. The lowest BCUT2D eigenvalue weighted by Crippen LogP contribution is -2.54. The molecular weight excluding hydrogens is 582 g/mol. The Morgan fingerprint density at radius 2 is 1.42 bits per heavy atom. The number of hydrogen-bond donors (Lipinski definition) is 2. The van der Waals surface area contributed by atoms with Gasteiger partial charge in [-0.1, -0.05) is 48.5 Å². The number of hydrazone groups is 1. The molecule has 2 bridgehead atoms. The normalized spacial score (nSPS) is 22.6. The number of anilines is 1. The molecule has 3 aliphatic carbocycles. The molecule has 0 spiro atoms. The number of benzene rings is 4. The highest BCUT2D eigenvalue weighted by molar-refractivity contribution is 6.25. The molecule has 0 saturated carbocycles. The van der Waals surface area contributed by atoms with Crippen LogP contribution in [0.4, 0.5) is 17.1 Å². The van der Waals surface area contributed by atoms with Gasteiger partial charge in [-0.05, 0) is 40.5 Å². The minimum atomic E-state index is -1.33. The fourth-order valence-electron chi connectivity index (χ4n) is 7.10. The maximum Gasteiger partial charge on any atom is 0.275 e. The van der Waals surface area contributed by atoms with Gasteiger partial charge in [-0.2, -0.15) is 5.10 Å². The summed E-state index contributed by atoms with van der Waals surface area (Å²) in [5, 5.41) is 36.9. The molecule has 1 aliphatic heterocycles. The molecule has 0 aromatic heterocycles. The Hall–Kier alpha value is -6.24. The number of hydrogen-bond acceptors (Lipinski definition) is 9. The number of nitro groups is 2. The lowest BCUT2D eigenvalue weighted by molar-refractivity contribution is -0.385. The minimum Gasteiger partial charge on any atom is -0.507 e. The molecule has 4 aromatic carbocycles. The maximum atomic E-state index is 14.4. The second-order valence-electron chi connectivity index (χ2n) is 11.0. The van der Waals surface area contributed by atoms with Gasteiger partial charge in [-0.25, -0.2) is 10.3 Å². The number of nitro benzene ring substituents is 2. The number of carbonyl (C=O) groups is 3. The van der Waals surface area contributed by atoms with Gasteiger partial charge in [0, 0.05) is 36.4 Å². The third-order valence-corrected chi connectivity index (χ3v) is 8.87. The van der Waals surface area contributed by atoms with E-state index >= 15 is 0 Å². The van der Waals surface area contributed by atoms with Crippen LogP contribution in [0, 0.1) is 32.1 Å². The van der Waals surface area contributed by atoms with Crippen molar-refractivity contribution >= 4 is 41.0 Å². The third-order valence-electron chi connectivity index (χ3n) is 8.87. The summed E-state index contributed by atoms with van der Waals surface area (Å²) < 4.78 is 0. The van der Waals surface area contributed by atoms with Crippen LogP contribution in [-0.4, -0.2) is 38.9 Å². The van der Waals surface area contributed by atoms with Crippen LogP contribution in [0.1, 0.15) is 38.5 Å². The van der Waals surface area contributed by atoms with Crippen LogP contribution < -0.4 is 10.3 Å². The molecule has 0 unspecified atom stereocenters. The van der Waals surface area contributed by atoms with E-state index in [2.05, 4.69) is 10.5 Å². The SMILES string of the molecule is O=C(N/N=C\C12c3ccccc3C(c3ccccc31)[C@H]1C(=O)N(c3ccc([N+](=O)[O-])cc3)C(=O)[C@H]12)c1cc([N+](=O)[O-])ccc1O. The van der Waals surface area contributed by atoms with Gasteiger partial charge in [0.1, 0.15) is 5.75 Å². The second kappa shape index (κ2) is 9.91. The largest absolute Gasteiger partial charge is 0.507 e. The fourth-order valence-corrected chi connectivity index (χ4v) is 7.10. The van der Waals surface area contributed by atoms with Crippen LogP contribution in [-0.2, 0) is 15.0 Å². The average molecular weight is 604 g/mol. The Morgan fingerprint density at radius 3 is 2.02 bits per heavy atom. The topological polar surface area (TPSA) is 185 Å². The zero-order chi connectivity index (χ0) is 31.6. The number of amides is 3. The predicted molar refractivity (Wildman–Crippen MR) is 159 cm³/mol. The van der Waals surface area contributed by atoms with E-state index in [1.807, 2.05) is 48.5 Å². The van der Waals surface area contributed by atoms with Gasteiger partial charge in [-0.15, -0.1) is 0 Å². The van der Waals surface area contributed by atoms with Gasteiger partial charge >= 0.3 is 0 Å². The van der Waals surface area contributed by atoms with Gasteiger partial charge < -0.3 is 5.11 Å². The average Bonchev–Trinajstić information content (AvgIpc) is 3.31. The van der Waals surface area contributed by atoms with E-state index in [4.69, 9.17) is 0 Å². The number of phenolic OH excluding ortho intramolecular Hbond substituents is 1. The molecule has 2 N–H and O–H groups in total. The van der Waals surface area contributed by atoms with Crippen molar-refractivity contribution in [1.82, 2.24) is 5.43 Å². The molecule has 1 heterocycles. The number of rotatable bonds is 6. The lowest BCUT2D eigenvalue weighted by atomic mass is 9.47. The highest BCUT2D eigenvalue weighted by Crippen LogP contribution is 2.63. The molecule has 13 heteroatoms. The van der Waals surface area contributed by atoms with Crippen LogP contribution in [0.25, 0.3) is 0 Å². The summed E-state index contributed by atoms with van der Waals surface area (Å²) in [6, 6.07) is 23.0. The smallest absolute Gasteiger partial charge is 0.275 e. The predicted octanol–water partition coefficient (Wildman–Crippen LogP) is 4.18. The Bertz CT molecular complexity index is 1960. The lowest BCUT2D eigenvalue weighted by Gasteiger charge is -2.52. The molecule has 2 atom stereocenters. The van der Waals surface area contributed by atoms with Crippen LogP contribution in [0.2, 0.25) is 0 Å². The Kier molecular flexibility index (Phi) is 6.07. The summed E-state index contributed by atoms with van der Waals surface area (Å²) in [6.07, 6.45) is 1.41. The molecule has 4 aromatic rings. The highest BCUT2D eigenvalue weighted by Gasteiger charge is 2.68. The first kappa shape index (κ1) is 27.6. The zero-order valence-electron chi connectivity index (χ0n) is 23.1. The van der Waals surface area contributed by atoms with Crippen molar-refractivity contribution in [3.05, 3.63) is 139 Å². The number of non-ortho nitro benzene ring substituents is 2. The molecule has 45 heavy (non-hydrogen) atoms. The van der Waals surface area contributed by atoms with Gasteiger partial charge in [0.2, 0.25) is 11.8 Å². The number of nitrogens with zero attached hydrogens (tertiary/aromatic N) is 4. The van der Waals surface area contributed by atoms with Crippen molar-refractivity contribution in [2.45, 2.75) is 11.3 Å². The molecule has 1 saturated heterocycles. The van der Waals surface area contributed by atoms with Crippen LogP contribution in [0.3, 0.4) is 0 Å². The first-order valence-corrected chi connectivity index (χ1v) is 13.8. The highest BCUT2D eigenvalue weighted by atomic mass is 16.6. The number of aromatic hydroxyl groups is 1. The number of imide groups is 1. The van der Waals surface area contributed by atoms with Crippen molar-refractivity contribution in [1.29, 1.82) is 0 Å². The second-order valence-corrected chi connectivity index (χ2v) is 11.0. The standard InChI is InChI=1S/C32H21N5O8/c38-25-14-13-19(37(44)45)15-22(25)29(39)34-33-16-32-23-7-3-1-5-20(23)26(21-6-2-4-8-24(21)32)27-28(32)31(41)35(30(27)40)17-9-11-18(12-10-17)36(42)43/h1-16,26-28,38H,(H,34,39)/b33-16-/t26?,27-,28+,32?/m1/s1. The summed E-state index contributed by atoms with van der Waals surface area (Å²) in [5.74, 6) is -4.70. The molecular formula is C32H21N5O8. The molecule has 4 aliphatic rings. The Balaban J connectivity index is 1.36. The summed E-state index contributed by atoms with van der Waals surface area (Å²) in [6.45, 7) is 0. The monoisotopic (exact) mass is 603 g/mol. The Labute approximate surface area is 253 Å². The van der Waals surface area contributed by atoms with E-state index in [0.717, 1.165) is 45.4 Å².